The average Bonchev–Trinajstić information content (AvgIpc) is 2.40. The summed E-state index contributed by atoms with van der Waals surface area (Å²) in [6.07, 6.45) is 3.42. The highest BCUT2D eigenvalue weighted by Crippen LogP contribution is 2.18. The number of hydrogen-bond acceptors (Lipinski definition) is 4. The molecule has 0 bridgehead atoms. The van der Waals surface area contributed by atoms with Gasteiger partial charge >= 0.3 is 0 Å². The van der Waals surface area contributed by atoms with Crippen molar-refractivity contribution in [3.05, 3.63) is 22.8 Å². The van der Waals surface area contributed by atoms with Crippen LogP contribution in [0.4, 0.5) is 5.82 Å². The van der Waals surface area contributed by atoms with Gasteiger partial charge < -0.3 is 10.2 Å². The summed E-state index contributed by atoms with van der Waals surface area (Å²) in [4.78, 5) is 6.71. The Kier molecular flexibility index (Phi) is 5.00. The van der Waals surface area contributed by atoms with Gasteiger partial charge in [0, 0.05) is 19.1 Å². The van der Waals surface area contributed by atoms with Crippen LogP contribution in [0, 0.1) is 11.3 Å². The third kappa shape index (κ3) is 4.09. The number of halogens is 1. The number of nitrogens with zero attached hydrogens (tertiary/aromatic N) is 3. The minimum atomic E-state index is 0.366. The first-order valence-electron chi connectivity index (χ1n) is 6.78. The molecule has 1 aliphatic rings. The van der Waals surface area contributed by atoms with Crippen molar-refractivity contribution in [2.45, 2.75) is 32.2 Å². The molecule has 1 N–H and O–H groups in total. The van der Waals surface area contributed by atoms with Crippen LogP contribution in [-0.4, -0.2) is 35.6 Å². The molecular formula is C14H19ClN4. The molecule has 0 radical (unpaired) electrons. The number of pyridine rings is 1. The molecule has 1 aromatic heterocycles. The van der Waals surface area contributed by atoms with Crippen LogP contribution >= 0.6 is 11.6 Å². The number of nitrogens with one attached hydrogen (secondary N) is 1. The maximum absolute atomic E-state index is 8.92. The maximum atomic E-state index is 8.92. The molecule has 19 heavy (non-hydrogen) atoms. The smallest absolute Gasteiger partial charge is 0.132 e. The Morgan fingerprint density at radius 2 is 2.21 bits per heavy atom. The van der Waals surface area contributed by atoms with Crippen molar-refractivity contribution in [1.82, 2.24) is 9.88 Å². The van der Waals surface area contributed by atoms with Gasteiger partial charge in [-0.05, 0) is 37.9 Å². The molecule has 1 saturated heterocycles. The van der Waals surface area contributed by atoms with E-state index >= 15 is 0 Å². The Morgan fingerprint density at radius 3 is 2.84 bits per heavy atom. The molecule has 1 fully saturated rings. The van der Waals surface area contributed by atoms with E-state index in [0.717, 1.165) is 25.9 Å². The van der Waals surface area contributed by atoms with Gasteiger partial charge in [0.1, 0.15) is 11.0 Å². The first-order valence-corrected chi connectivity index (χ1v) is 7.15. The number of hydrogen-bond donors (Lipinski definition) is 1. The number of anilines is 1. The molecule has 5 heteroatoms. The summed E-state index contributed by atoms with van der Waals surface area (Å²) in [5, 5.41) is 12.7. The Bertz CT molecular complexity index is 461. The summed E-state index contributed by atoms with van der Waals surface area (Å²) >= 11 is 5.90. The molecule has 0 saturated carbocycles. The van der Waals surface area contributed by atoms with Crippen molar-refractivity contribution in [3.8, 4) is 6.07 Å². The topological polar surface area (TPSA) is 52.0 Å². The zero-order valence-corrected chi connectivity index (χ0v) is 12.0. The predicted molar refractivity (Wildman–Crippen MR) is 77.3 cm³/mol. The van der Waals surface area contributed by atoms with E-state index in [4.69, 9.17) is 16.9 Å². The van der Waals surface area contributed by atoms with E-state index in [1.165, 1.54) is 13.0 Å². The fourth-order valence-corrected chi connectivity index (χ4v) is 2.67. The minimum Gasteiger partial charge on any atom is -0.367 e. The molecule has 1 aliphatic heterocycles. The van der Waals surface area contributed by atoms with Crippen LogP contribution in [0.2, 0.25) is 5.15 Å². The van der Waals surface area contributed by atoms with Gasteiger partial charge in [0.2, 0.25) is 0 Å². The average molecular weight is 279 g/mol. The minimum absolute atomic E-state index is 0.366. The molecule has 0 atom stereocenters. The summed E-state index contributed by atoms with van der Waals surface area (Å²) < 4.78 is 0. The summed E-state index contributed by atoms with van der Waals surface area (Å²) in [5.41, 5.74) is 0.547. The first kappa shape index (κ1) is 14.1. The van der Waals surface area contributed by atoms with Crippen molar-refractivity contribution in [3.63, 3.8) is 0 Å². The molecule has 0 aliphatic carbocycles. The van der Waals surface area contributed by atoms with Crippen LogP contribution in [0.25, 0.3) is 0 Å². The molecule has 0 amide bonds. The van der Waals surface area contributed by atoms with Gasteiger partial charge in [-0.1, -0.05) is 18.5 Å². The zero-order chi connectivity index (χ0) is 13.7. The summed E-state index contributed by atoms with van der Waals surface area (Å²) in [7, 11) is 0. The highest BCUT2D eigenvalue weighted by Gasteiger charge is 2.18. The lowest BCUT2D eigenvalue weighted by Crippen LogP contribution is -2.39. The molecule has 0 spiro atoms. The summed E-state index contributed by atoms with van der Waals surface area (Å²) in [6, 6.07) is 5.85. The van der Waals surface area contributed by atoms with Crippen molar-refractivity contribution in [1.29, 1.82) is 5.26 Å². The molecule has 102 valence electrons. The largest absolute Gasteiger partial charge is 0.367 e. The Hall–Kier alpha value is -1.31. The fraction of sp³-hybridized carbons (Fsp3) is 0.571. The molecule has 2 heterocycles. The highest BCUT2D eigenvalue weighted by atomic mass is 35.5. The second kappa shape index (κ2) is 6.74. The Labute approximate surface area is 119 Å². The standard InChI is InChI=1S/C14H19ClN4/c1-2-5-19-6-3-12(4-7-19)17-14-9-11(10-16)8-13(15)18-14/h8-9,12H,2-7H2,1H3,(H,17,18). The Morgan fingerprint density at radius 1 is 1.47 bits per heavy atom. The molecular weight excluding hydrogens is 260 g/mol. The number of likely N-dealkylation sites (tertiary alicyclic amines) is 1. The lowest BCUT2D eigenvalue weighted by Gasteiger charge is -2.32. The van der Waals surface area contributed by atoms with E-state index in [1.54, 1.807) is 12.1 Å². The van der Waals surface area contributed by atoms with Gasteiger partial charge in [0.25, 0.3) is 0 Å². The van der Waals surface area contributed by atoms with Gasteiger partial charge in [-0.3, -0.25) is 0 Å². The maximum Gasteiger partial charge on any atom is 0.132 e. The van der Waals surface area contributed by atoms with Gasteiger partial charge in [-0.15, -0.1) is 0 Å². The van der Waals surface area contributed by atoms with Crippen molar-refractivity contribution in [2.24, 2.45) is 0 Å². The second-order valence-electron chi connectivity index (χ2n) is 4.94. The van der Waals surface area contributed by atoms with Gasteiger partial charge in [-0.2, -0.15) is 5.26 Å². The van der Waals surface area contributed by atoms with E-state index in [9.17, 15) is 0 Å². The van der Waals surface area contributed by atoms with E-state index in [2.05, 4.69) is 28.2 Å². The fourth-order valence-electron chi connectivity index (χ4n) is 2.46. The molecule has 0 aromatic carbocycles. The molecule has 2 rings (SSSR count). The lowest BCUT2D eigenvalue weighted by molar-refractivity contribution is 0.219. The molecule has 0 unspecified atom stereocenters. The number of piperidine rings is 1. The second-order valence-corrected chi connectivity index (χ2v) is 5.32. The van der Waals surface area contributed by atoms with E-state index in [1.807, 2.05) is 0 Å². The van der Waals surface area contributed by atoms with Gasteiger partial charge in [0.15, 0.2) is 0 Å². The van der Waals surface area contributed by atoms with Gasteiger partial charge in [0.05, 0.1) is 11.6 Å². The summed E-state index contributed by atoms with van der Waals surface area (Å²) in [6.45, 7) is 5.64. The lowest BCUT2D eigenvalue weighted by atomic mass is 10.0. The van der Waals surface area contributed by atoms with E-state index < -0.39 is 0 Å². The third-order valence-electron chi connectivity index (χ3n) is 3.40. The van der Waals surface area contributed by atoms with Crippen molar-refractivity contribution < 1.29 is 0 Å². The van der Waals surface area contributed by atoms with Gasteiger partial charge in [-0.25, -0.2) is 4.98 Å². The van der Waals surface area contributed by atoms with Crippen LogP contribution in [0.3, 0.4) is 0 Å². The van der Waals surface area contributed by atoms with Crippen LogP contribution in [-0.2, 0) is 0 Å². The highest BCUT2D eigenvalue weighted by molar-refractivity contribution is 6.29. The number of nitriles is 1. The van der Waals surface area contributed by atoms with E-state index in [-0.39, 0.29) is 0 Å². The number of rotatable bonds is 4. The molecule has 4 nitrogen and oxygen atoms in total. The van der Waals surface area contributed by atoms with Crippen LogP contribution in [0.1, 0.15) is 31.7 Å². The van der Waals surface area contributed by atoms with Crippen LogP contribution < -0.4 is 5.32 Å². The van der Waals surface area contributed by atoms with Crippen LogP contribution in [0.5, 0.6) is 0 Å². The Balaban J connectivity index is 1.92. The predicted octanol–water partition coefficient (Wildman–Crippen LogP) is 2.89. The SMILES string of the molecule is CCCN1CCC(Nc2cc(C#N)cc(Cl)n2)CC1. The quantitative estimate of drug-likeness (QED) is 0.861. The number of aromatic nitrogens is 1. The van der Waals surface area contributed by atoms with Crippen LogP contribution in [0.15, 0.2) is 12.1 Å². The zero-order valence-electron chi connectivity index (χ0n) is 11.2. The third-order valence-corrected chi connectivity index (χ3v) is 3.60. The van der Waals surface area contributed by atoms with Crippen molar-refractivity contribution >= 4 is 17.4 Å². The molecule has 1 aromatic rings. The van der Waals surface area contributed by atoms with Crippen molar-refractivity contribution in [2.75, 3.05) is 25.0 Å². The van der Waals surface area contributed by atoms with E-state index in [0.29, 0.717) is 22.6 Å². The first-order chi connectivity index (χ1) is 9.21. The summed E-state index contributed by atoms with van der Waals surface area (Å²) in [5.74, 6) is 0.706. The monoisotopic (exact) mass is 278 g/mol. The normalized spacial score (nSPS) is 17.1.